The van der Waals surface area contributed by atoms with Gasteiger partial charge in [0.15, 0.2) is 6.10 Å². The molecule has 0 radical (unpaired) electrons. The molecular weight excluding hydrogens is 374 g/mol. The molecule has 0 bridgehead atoms. The number of ether oxygens (including phenoxy) is 1. The van der Waals surface area contributed by atoms with Crippen molar-refractivity contribution in [1.82, 2.24) is 4.90 Å². The largest absolute Gasteiger partial charge is 0.480 e. The van der Waals surface area contributed by atoms with Crippen LogP contribution in [0.2, 0.25) is 5.02 Å². The van der Waals surface area contributed by atoms with Crippen molar-refractivity contribution in [3.8, 4) is 5.75 Å². The summed E-state index contributed by atoms with van der Waals surface area (Å²) in [7, 11) is 1.80. The van der Waals surface area contributed by atoms with Gasteiger partial charge in [0.1, 0.15) is 5.75 Å². The molecule has 3 rings (SSSR count). The highest BCUT2D eigenvalue weighted by molar-refractivity contribution is 9.10. The van der Waals surface area contributed by atoms with E-state index < -0.39 is 6.10 Å². The van der Waals surface area contributed by atoms with Gasteiger partial charge in [0.05, 0.1) is 6.54 Å². The predicted molar refractivity (Wildman–Crippen MR) is 88.1 cm³/mol. The molecule has 3 nitrogen and oxygen atoms in total. The number of benzene rings is 1. The van der Waals surface area contributed by atoms with Crippen molar-refractivity contribution in [3.63, 3.8) is 0 Å². The summed E-state index contributed by atoms with van der Waals surface area (Å²) in [6.07, 6.45) is 0.125. The number of fused-ring (bicyclic) bond motifs is 1. The standard InChI is InChI=1S/C15H13BrClNO2S/c1-18(7-12-6-10(16)8-21-12)15(19)14-5-9-4-11(17)2-3-13(9)20-14/h2-4,6,8,14H,5,7H2,1H3/t14-/m1/s1. The Hall–Kier alpha value is -1.04. The summed E-state index contributed by atoms with van der Waals surface area (Å²) in [5.41, 5.74) is 0.994. The molecule has 110 valence electrons. The van der Waals surface area contributed by atoms with Crippen molar-refractivity contribution < 1.29 is 9.53 Å². The van der Waals surface area contributed by atoms with Gasteiger partial charge in [-0.1, -0.05) is 11.6 Å². The van der Waals surface area contributed by atoms with E-state index in [9.17, 15) is 4.79 Å². The number of amides is 1. The predicted octanol–water partition coefficient (Wildman–Crippen LogP) is 4.13. The van der Waals surface area contributed by atoms with Gasteiger partial charge in [-0.25, -0.2) is 0 Å². The molecule has 0 saturated heterocycles. The SMILES string of the molecule is CN(Cc1cc(Br)cs1)C(=O)[C@H]1Cc2cc(Cl)ccc2O1. The molecule has 0 aliphatic carbocycles. The molecule has 1 aliphatic rings. The number of halogens is 2. The quantitative estimate of drug-likeness (QED) is 0.794. The fraction of sp³-hybridized carbons (Fsp3) is 0.267. The van der Waals surface area contributed by atoms with Crippen molar-refractivity contribution in [2.24, 2.45) is 0 Å². The average Bonchev–Trinajstić information content (AvgIpc) is 3.03. The van der Waals surface area contributed by atoms with Crippen LogP contribution in [0, 0.1) is 0 Å². The number of carbonyl (C=O) groups is 1. The Labute approximate surface area is 140 Å². The molecule has 0 N–H and O–H groups in total. The molecule has 21 heavy (non-hydrogen) atoms. The van der Waals surface area contributed by atoms with Gasteiger partial charge in [0.2, 0.25) is 0 Å². The van der Waals surface area contributed by atoms with Crippen LogP contribution < -0.4 is 4.74 Å². The maximum absolute atomic E-state index is 12.5. The smallest absolute Gasteiger partial charge is 0.264 e. The molecule has 1 aromatic carbocycles. The molecule has 1 atom stereocenters. The van der Waals surface area contributed by atoms with E-state index >= 15 is 0 Å². The van der Waals surface area contributed by atoms with Gasteiger partial charge in [0.25, 0.3) is 5.91 Å². The fourth-order valence-corrected chi connectivity index (χ4v) is 4.05. The number of rotatable bonds is 3. The van der Waals surface area contributed by atoms with Crippen molar-refractivity contribution in [2.75, 3.05) is 7.05 Å². The number of nitrogens with zero attached hydrogens (tertiary/aromatic N) is 1. The Bertz CT molecular complexity index is 688. The van der Waals surface area contributed by atoms with E-state index in [-0.39, 0.29) is 5.91 Å². The minimum atomic E-state index is -0.452. The highest BCUT2D eigenvalue weighted by Crippen LogP contribution is 2.32. The molecule has 0 fully saturated rings. The van der Waals surface area contributed by atoms with Crippen LogP contribution in [0.4, 0.5) is 0 Å². The Kier molecular flexibility index (Phi) is 4.24. The van der Waals surface area contributed by atoms with Gasteiger partial charge in [-0.05, 0) is 45.8 Å². The molecule has 0 saturated carbocycles. The molecule has 1 aromatic heterocycles. The minimum absolute atomic E-state index is 0.00755. The lowest BCUT2D eigenvalue weighted by Crippen LogP contribution is -2.38. The van der Waals surface area contributed by atoms with Crippen LogP contribution in [0.1, 0.15) is 10.4 Å². The monoisotopic (exact) mass is 385 g/mol. The second-order valence-electron chi connectivity index (χ2n) is 4.99. The minimum Gasteiger partial charge on any atom is -0.480 e. The van der Waals surface area contributed by atoms with Gasteiger partial charge in [-0.2, -0.15) is 0 Å². The lowest BCUT2D eigenvalue weighted by Gasteiger charge is -2.20. The summed E-state index contributed by atoms with van der Waals surface area (Å²) in [6, 6.07) is 7.49. The first-order valence-electron chi connectivity index (χ1n) is 6.46. The molecule has 1 amide bonds. The maximum atomic E-state index is 12.5. The second kappa shape index (κ2) is 5.99. The molecule has 1 aliphatic heterocycles. The summed E-state index contributed by atoms with van der Waals surface area (Å²) in [5.74, 6) is 0.747. The average molecular weight is 387 g/mol. The molecular formula is C15H13BrClNO2S. The van der Waals surface area contributed by atoms with Gasteiger partial charge >= 0.3 is 0 Å². The van der Waals surface area contributed by atoms with Crippen LogP contribution in [-0.2, 0) is 17.8 Å². The molecule has 2 aromatic rings. The van der Waals surface area contributed by atoms with Crippen molar-refractivity contribution in [3.05, 3.63) is 49.6 Å². The highest BCUT2D eigenvalue weighted by atomic mass is 79.9. The van der Waals surface area contributed by atoms with Crippen LogP contribution in [0.5, 0.6) is 5.75 Å². The Morgan fingerprint density at radius 3 is 3.05 bits per heavy atom. The maximum Gasteiger partial charge on any atom is 0.264 e. The van der Waals surface area contributed by atoms with E-state index in [4.69, 9.17) is 16.3 Å². The van der Waals surface area contributed by atoms with Gasteiger partial charge < -0.3 is 9.64 Å². The summed E-state index contributed by atoms with van der Waals surface area (Å²) in [6.45, 7) is 0.589. The molecule has 2 heterocycles. The van der Waals surface area contributed by atoms with Gasteiger partial charge in [-0.15, -0.1) is 11.3 Å². The van der Waals surface area contributed by atoms with Crippen molar-refractivity contribution in [2.45, 2.75) is 19.1 Å². The van der Waals surface area contributed by atoms with Crippen LogP contribution in [-0.4, -0.2) is 24.0 Å². The third-order valence-corrected chi connectivity index (χ3v) is 5.28. The summed E-state index contributed by atoms with van der Waals surface area (Å²) in [5, 5.41) is 2.68. The number of hydrogen-bond acceptors (Lipinski definition) is 3. The lowest BCUT2D eigenvalue weighted by atomic mass is 10.1. The fourth-order valence-electron chi connectivity index (χ4n) is 2.35. The third-order valence-electron chi connectivity index (χ3n) is 3.36. The molecule has 0 spiro atoms. The van der Waals surface area contributed by atoms with Crippen molar-refractivity contribution in [1.29, 1.82) is 0 Å². The van der Waals surface area contributed by atoms with E-state index in [1.54, 1.807) is 29.4 Å². The van der Waals surface area contributed by atoms with Crippen molar-refractivity contribution >= 4 is 44.8 Å². The van der Waals surface area contributed by atoms with Crippen LogP contribution >= 0.6 is 38.9 Å². The van der Waals surface area contributed by atoms with Gasteiger partial charge in [-0.3, -0.25) is 4.79 Å². The van der Waals surface area contributed by atoms with E-state index in [1.165, 1.54) is 0 Å². The number of thiophene rings is 1. The third kappa shape index (κ3) is 3.25. The zero-order chi connectivity index (χ0) is 15.0. The molecule has 6 heteroatoms. The highest BCUT2D eigenvalue weighted by Gasteiger charge is 2.31. The number of likely N-dealkylation sites (N-methyl/N-ethyl adjacent to an activating group) is 1. The number of hydrogen-bond donors (Lipinski definition) is 0. The van der Waals surface area contributed by atoms with Crippen LogP contribution in [0.3, 0.4) is 0 Å². The zero-order valence-corrected chi connectivity index (χ0v) is 14.5. The van der Waals surface area contributed by atoms with E-state index in [0.717, 1.165) is 20.7 Å². The summed E-state index contributed by atoms with van der Waals surface area (Å²) in [4.78, 5) is 15.3. The first-order chi connectivity index (χ1) is 10.0. The Morgan fingerprint density at radius 2 is 2.33 bits per heavy atom. The lowest BCUT2D eigenvalue weighted by molar-refractivity contribution is -0.137. The first-order valence-corrected chi connectivity index (χ1v) is 8.51. The Morgan fingerprint density at radius 1 is 1.52 bits per heavy atom. The van der Waals surface area contributed by atoms with Crippen LogP contribution in [0.25, 0.3) is 0 Å². The normalized spacial score (nSPS) is 16.4. The second-order valence-corrected chi connectivity index (χ2v) is 7.34. The topological polar surface area (TPSA) is 29.5 Å². The van der Waals surface area contributed by atoms with E-state index in [0.29, 0.717) is 18.0 Å². The Balaban J connectivity index is 1.66. The summed E-state index contributed by atoms with van der Waals surface area (Å²) < 4.78 is 6.78. The van der Waals surface area contributed by atoms with E-state index in [1.807, 2.05) is 23.6 Å². The van der Waals surface area contributed by atoms with Gasteiger partial charge in [0, 0.05) is 33.2 Å². The molecule has 0 unspecified atom stereocenters. The first kappa shape index (κ1) is 14.9. The zero-order valence-electron chi connectivity index (χ0n) is 11.3. The number of carbonyl (C=O) groups excluding carboxylic acids is 1. The van der Waals surface area contributed by atoms with E-state index in [2.05, 4.69) is 15.9 Å². The van der Waals surface area contributed by atoms with Crippen LogP contribution in [0.15, 0.2) is 34.1 Å². The summed E-state index contributed by atoms with van der Waals surface area (Å²) >= 11 is 11.0.